The quantitative estimate of drug-likeness (QED) is 0.553. The largest absolute Gasteiger partial charge is 0.309 e. The Labute approximate surface area is 104 Å². The highest BCUT2D eigenvalue weighted by atomic mass is 15.0. The minimum atomic E-state index is 0.344. The molecule has 0 spiro atoms. The fraction of sp³-hybridized carbons (Fsp3) is 0.571. The van der Waals surface area contributed by atoms with Gasteiger partial charge in [-0.15, -0.1) is 6.58 Å². The van der Waals surface area contributed by atoms with Gasteiger partial charge >= 0.3 is 0 Å². The maximum atomic E-state index is 4.51. The summed E-state index contributed by atoms with van der Waals surface area (Å²) in [5.41, 5.74) is 1.11. The molecule has 0 amide bonds. The average Bonchev–Trinajstić information content (AvgIpc) is 2.33. The maximum Gasteiger partial charge on any atom is 0.125 e. The van der Waals surface area contributed by atoms with Crippen molar-refractivity contribution in [3.8, 4) is 0 Å². The summed E-state index contributed by atoms with van der Waals surface area (Å²) in [7, 11) is 0. The van der Waals surface area contributed by atoms with Crippen molar-refractivity contribution in [1.29, 1.82) is 0 Å². The zero-order valence-electron chi connectivity index (χ0n) is 10.9. The van der Waals surface area contributed by atoms with Gasteiger partial charge in [-0.05, 0) is 45.2 Å². The van der Waals surface area contributed by atoms with Gasteiger partial charge in [0.05, 0.1) is 5.69 Å². The molecule has 0 aliphatic heterocycles. The maximum absolute atomic E-state index is 4.51. The molecule has 1 N–H and O–H groups in total. The van der Waals surface area contributed by atoms with E-state index in [4.69, 9.17) is 0 Å². The Morgan fingerprint density at radius 1 is 1.53 bits per heavy atom. The fourth-order valence-corrected chi connectivity index (χ4v) is 1.81. The van der Waals surface area contributed by atoms with E-state index in [0.29, 0.717) is 6.04 Å². The van der Waals surface area contributed by atoms with Gasteiger partial charge in [0.2, 0.25) is 0 Å². The third-order valence-electron chi connectivity index (χ3n) is 2.70. The fourth-order valence-electron chi connectivity index (χ4n) is 1.81. The smallest absolute Gasteiger partial charge is 0.125 e. The molecule has 1 aromatic rings. The highest BCUT2D eigenvalue weighted by Crippen LogP contribution is 2.17. The number of nitrogens with zero attached hydrogens (tertiary/aromatic N) is 2. The van der Waals surface area contributed by atoms with Gasteiger partial charge in [-0.25, -0.2) is 9.97 Å². The molecule has 0 aromatic carbocycles. The number of nitrogens with one attached hydrogen (secondary N) is 1. The molecule has 1 rings (SSSR count). The average molecular weight is 233 g/mol. The molecule has 0 saturated carbocycles. The van der Waals surface area contributed by atoms with Gasteiger partial charge in [-0.2, -0.15) is 0 Å². The van der Waals surface area contributed by atoms with Crippen molar-refractivity contribution in [2.24, 2.45) is 0 Å². The van der Waals surface area contributed by atoms with Gasteiger partial charge in [-0.1, -0.05) is 13.0 Å². The summed E-state index contributed by atoms with van der Waals surface area (Å²) < 4.78 is 0. The Morgan fingerprint density at radius 2 is 2.35 bits per heavy atom. The minimum absolute atomic E-state index is 0.344. The van der Waals surface area contributed by atoms with E-state index in [1.165, 1.54) is 0 Å². The van der Waals surface area contributed by atoms with Gasteiger partial charge in [0.25, 0.3) is 0 Å². The van der Waals surface area contributed by atoms with Crippen LogP contribution in [0.5, 0.6) is 0 Å². The third kappa shape index (κ3) is 5.09. The first-order valence-electron chi connectivity index (χ1n) is 6.41. The molecule has 17 heavy (non-hydrogen) atoms. The van der Waals surface area contributed by atoms with Crippen LogP contribution in [0.1, 0.15) is 50.2 Å². The molecular formula is C14H23N3. The van der Waals surface area contributed by atoms with E-state index in [-0.39, 0.29) is 0 Å². The molecule has 0 saturated heterocycles. The Hall–Kier alpha value is -1.22. The number of aromatic nitrogens is 2. The molecule has 0 radical (unpaired) electrons. The highest BCUT2D eigenvalue weighted by Gasteiger charge is 2.11. The van der Waals surface area contributed by atoms with E-state index < -0.39 is 0 Å². The molecule has 0 bridgehead atoms. The number of allylic oxidation sites excluding steroid dienone is 1. The van der Waals surface area contributed by atoms with Crippen molar-refractivity contribution in [2.75, 3.05) is 6.54 Å². The van der Waals surface area contributed by atoms with Crippen LogP contribution in [-0.4, -0.2) is 16.5 Å². The van der Waals surface area contributed by atoms with Crippen LogP contribution in [0.25, 0.3) is 0 Å². The lowest BCUT2D eigenvalue weighted by atomic mass is 10.1. The number of unbranched alkanes of at least 4 members (excludes halogenated alkanes) is 1. The summed E-state index contributed by atoms with van der Waals surface area (Å²) in [6, 6.07) is 2.35. The molecule has 0 aliphatic carbocycles. The van der Waals surface area contributed by atoms with E-state index in [0.717, 1.165) is 43.7 Å². The first kappa shape index (κ1) is 13.8. The monoisotopic (exact) mass is 233 g/mol. The van der Waals surface area contributed by atoms with Crippen LogP contribution >= 0.6 is 0 Å². The molecule has 0 fully saturated rings. The molecule has 1 atom stereocenters. The Kier molecular flexibility index (Phi) is 6.48. The van der Waals surface area contributed by atoms with Crippen LogP contribution in [0.4, 0.5) is 0 Å². The molecule has 3 nitrogen and oxygen atoms in total. The van der Waals surface area contributed by atoms with E-state index in [9.17, 15) is 0 Å². The molecular weight excluding hydrogens is 210 g/mol. The van der Waals surface area contributed by atoms with Crippen LogP contribution < -0.4 is 5.32 Å². The minimum Gasteiger partial charge on any atom is -0.309 e. The van der Waals surface area contributed by atoms with E-state index in [2.05, 4.69) is 28.8 Å². The van der Waals surface area contributed by atoms with Crippen molar-refractivity contribution in [1.82, 2.24) is 15.3 Å². The SMILES string of the molecule is C=CCCCC(NCCC)c1ccnc(C)n1. The zero-order valence-corrected chi connectivity index (χ0v) is 10.9. The van der Waals surface area contributed by atoms with Crippen LogP contribution in [0.15, 0.2) is 24.9 Å². The topological polar surface area (TPSA) is 37.8 Å². The summed E-state index contributed by atoms with van der Waals surface area (Å²) in [5, 5.41) is 3.55. The van der Waals surface area contributed by atoms with Gasteiger partial charge in [0, 0.05) is 12.2 Å². The number of hydrogen-bond acceptors (Lipinski definition) is 3. The summed E-state index contributed by atoms with van der Waals surface area (Å²) in [6.07, 6.45) is 8.26. The normalized spacial score (nSPS) is 12.4. The predicted molar refractivity (Wildman–Crippen MR) is 71.9 cm³/mol. The summed E-state index contributed by atoms with van der Waals surface area (Å²) in [4.78, 5) is 8.65. The van der Waals surface area contributed by atoms with Gasteiger partial charge in [-0.3, -0.25) is 0 Å². The Morgan fingerprint density at radius 3 is 3.00 bits per heavy atom. The molecule has 0 aliphatic rings. The molecule has 1 aromatic heterocycles. The second-order valence-electron chi connectivity index (χ2n) is 4.26. The van der Waals surface area contributed by atoms with Crippen molar-refractivity contribution in [2.45, 2.75) is 45.6 Å². The molecule has 1 unspecified atom stereocenters. The lowest BCUT2D eigenvalue weighted by molar-refractivity contribution is 0.475. The number of rotatable bonds is 8. The second-order valence-corrected chi connectivity index (χ2v) is 4.26. The van der Waals surface area contributed by atoms with Crippen molar-refractivity contribution >= 4 is 0 Å². The van der Waals surface area contributed by atoms with Gasteiger partial charge in [0.15, 0.2) is 0 Å². The van der Waals surface area contributed by atoms with Crippen molar-refractivity contribution < 1.29 is 0 Å². The van der Waals surface area contributed by atoms with Crippen LogP contribution in [0, 0.1) is 6.92 Å². The van der Waals surface area contributed by atoms with Crippen LogP contribution in [0.3, 0.4) is 0 Å². The lowest BCUT2D eigenvalue weighted by Gasteiger charge is -2.17. The molecule has 3 heteroatoms. The summed E-state index contributed by atoms with van der Waals surface area (Å²) >= 11 is 0. The zero-order chi connectivity index (χ0) is 12.5. The summed E-state index contributed by atoms with van der Waals surface area (Å²) in [6.45, 7) is 8.90. The van der Waals surface area contributed by atoms with Crippen molar-refractivity contribution in [3.63, 3.8) is 0 Å². The Bertz CT molecular complexity index is 336. The molecule has 94 valence electrons. The van der Waals surface area contributed by atoms with Crippen LogP contribution in [-0.2, 0) is 0 Å². The number of aryl methyl sites for hydroxylation is 1. The van der Waals surface area contributed by atoms with Gasteiger partial charge in [0.1, 0.15) is 5.82 Å². The predicted octanol–water partition coefficient (Wildman–Crippen LogP) is 3.18. The van der Waals surface area contributed by atoms with Gasteiger partial charge < -0.3 is 5.32 Å². The second kappa shape index (κ2) is 7.96. The lowest BCUT2D eigenvalue weighted by Crippen LogP contribution is -2.23. The standard InChI is InChI=1S/C14H23N3/c1-4-6-7-8-13(16-10-5-2)14-9-11-15-12(3)17-14/h4,9,11,13,16H,1,5-8,10H2,2-3H3. The third-order valence-corrected chi connectivity index (χ3v) is 2.70. The van der Waals surface area contributed by atoms with E-state index in [1.807, 2.05) is 25.3 Å². The highest BCUT2D eigenvalue weighted by molar-refractivity contribution is 5.07. The van der Waals surface area contributed by atoms with E-state index >= 15 is 0 Å². The summed E-state index contributed by atoms with van der Waals surface area (Å²) in [5.74, 6) is 0.842. The van der Waals surface area contributed by atoms with Crippen molar-refractivity contribution in [3.05, 3.63) is 36.4 Å². The first-order chi connectivity index (χ1) is 8.27. The first-order valence-corrected chi connectivity index (χ1v) is 6.41. The Balaban J connectivity index is 2.63. The number of hydrogen-bond donors (Lipinski definition) is 1. The van der Waals surface area contributed by atoms with E-state index in [1.54, 1.807) is 0 Å². The molecule has 1 heterocycles. The van der Waals surface area contributed by atoms with Crippen LogP contribution in [0.2, 0.25) is 0 Å².